The maximum Gasteiger partial charge on any atom is 0.231 e. The molecule has 0 saturated carbocycles. The highest BCUT2D eigenvalue weighted by atomic mass is 35.5. The Morgan fingerprint density at radius 1 is 0.962 bits per heavy atom. The molecule has 0 fully saturated rings. The van der Waals surface area contributed by atoms with Crippen molar-refractivity contribution in [1.29, 1.82) is 0 Å². The number of ether oxygens (including phenoxy) is 2. The molecule has 2 heterocycles. The second-order valence-corrected chi connectivity index (χ2v) is 6.76. The van der Waals surface area contributed by atoms with Crippen LogP contribution in [-0.2, 0) is 7.05 Å². The van der Waals surface area contributed by atoms with Gasteiger partial charge < -0.3 is 14.0 Å². The molecule has 3 aromatic carbocycles. The number of fused-ring (bicyclic) bond motifs is 3. The minimum atomic E-state index is -0.0156. The summed E-state index contributed by atoms with van der Waals surface area (Å²) in [5.41, 5.74) is 3.52. The molecule has 0 radical (unpaired) electrons. The van der Waals surface area contributed by atoms with Crippen LogP contribution in [0.2, 0.25) is 5.02 Å². The first-order chi connectivity index (χ1) is 12.6. The van der Waals surface area contributed by atoms with Crippen molar-refractivity contribution in [3.8, 4) is 22.6 Å². The van der Waals surface area contributed by atoms with E-state index in [0.29, 0.717) is 21.5 Å². The maximum absolute atomic E-state index is 13.0. The summed E-state index contributed by atoms with van der Waals surface area (Å²) < 4.78 is 12.9. The van der Waals surface area contributed by atoms with E-state index in [1.54, 1.807) is 6.07 Å². The van der Waals surface area contributed by atoms with Crippen LogP contribution in [0.3, 0.4) is 0 Å². The van der Waals surface area contributed by atoms with Gasteiger partial charge in [-0.15, -0.1) is 0 Å². The summed E-state index contributed by atoms with van der Waals surface area (Å²) in [6, 6.07) is 17.0. The quantitative estimate of drug-likeness (QED) is 0.458. The summed E-state index contributed by atoms with van der Waals surface area (Å²) in [7, 11) is 1.97. The molecule has 0 unspecified atom stereocenters. The lowest BCUT2D eigenvalue weighted by Crippen LogP contribution is -2.10. The van der Waals surface area contributed by atoms with E-state index in [1.165, 1.54) is 0 Å². The molecule has 128 valence electrons. The number of hydrogen-bond acceptors (Lipinski definition) is 3. The number of para-hydroxylation sites is 1. The van der Waals surface area contributed by atoms with Gasteiger partial charge in [0.05, 0.1) is 11.0 Å². The molecule has 1 aliphatic rings. The first-order valence-corrected chi connectivity index (χ1v) is 8.62. The Morgan fingerprint density at radius 3 is 2.65 bits per heavy atom. The van der Waals surface area contributed by atoms with Crippen molar-refractivity contribution in [1.82, 2.24) is 4.57 Å². The number of hydrogen-bond donors (Lipinski definition) is 0. The minimum Gasteiger partial charge on any atom is -0.454 e. The summed E-state index contributed by atoms with van der Waals surface area (Å²) >= 11 is 6.36. The normalized spacial score (nSPS) is 12.8. The zero-order valence-electron chi connectivity index (χ0n) is 14.0. The lowest BCUT2D eigenvalue weighted by Gasteiger charge is -2.15. The van der Waals surface area contributed by atoms with E-state index in [1.807, 2.05) is 60.1 Å². The van der Waals surface area contributed by atoms with Crippen molar-refractivity contribution in [3.63, 3.8) is 0 Å². The third-order valence-electron chi connectivity index (χ3n) is 4.85. The van der Waals surface area contributed by atoms with E-state index < -0.39 is 0 Å². The Kier molecular flexibility index (Phi) is 3.24. The molecule has 4 aromatic rings. The molecule has 5 rings (SSSR count). The van der Waals surface area contributed by atoms with Crippen LogP contribution in [0.15, 0.2) is 59.4 Å². The number of benzene rings is 3. The van der Waals surface area contributed by atoms with Gasteiger partial charge in [-0.25, -0.2) is 0 Å². The van der Waals surface area contributed by atoms with Crippen LogP contribution < -0.4 is 14.9 Å². The average Bonchev–Trinajstić information content (AvgIpc) is 3.13. The van der Waals surface area contributed by atoms with Gasteiger partial charge in [-0.3, -0.25) is 4.79 Å². The van der Waals surface area contributed by atoms with Crippen LogP contribution >= 0.6 is 11.6 Å². The Morgan fingerprint density at radius 2 is 1.77 bits per heavy atom. The second-order valence-electron chi connectivity index (χ2n) is 6.32. The fraction of sp³-hybridized carbons (Fsp3) is 0.0952. The zero-order chi connectivity index (χ0) is 17.8. The number of pyridine rings is 1. The number of rotatable bonds is 1. The predicted octanol–water partition coefficient (Wildman–Crippen LogP) is 4.74. The third kappa shape index (κ3) is 2.12. The molecule has 5 heteroatoms. The first-order valence-electron chi connectivity index (χ1n) is 8.24. The van der Waals surface area contributed by atoms with E-state index in [0.717, 1.165) is 27.9 Å². The standard InChI is InChI=1S/C21H14ClNO3/c1-23-17-5-3-2-4-14(17)21(24)16-10-13(22)9-15(20(16)23)12-6-7-18-19(8-12)26-11-25-18/h2-10H,11H2,1H3. The Bertz CT molecular complexity index is 1260. The first kappa shape index (κ1) is 15.3. The van der Waals surface area contributed by atoms with Gasteiger partial charge in [0.25, 0.3) is 0 Å². The molecule has 0 saturated heterocycles. The van der Waals surface area contributed by atoms with Crippen molar-refractivity contribution >= 4 is 33.4 Å². The molecule has 26 heavy (non-hydrogen) atoms. The Hall–Kier alpha value is -2.98. The Labute approximate surface area is 154 Å². The molecule has 0 spiro atoms. The predicted molar refractivity (Wildman–Crippen MR) is 103 cm³/mol. The van der Waals surface area contributed by atoms with Gasteiger partial charge in [-0.2, -0.15) is 0 Å². The number of aryl methyl sites for hydroxylation is 1. The summed E-state index contributed by atoms with van der Waals surface area (Å²) in [4.78, 5) is 13.0. The fourth-order valence-electron chi connectivity index (χ4n) is 3.64. The van der Waals surface area contributed by atoms with Crippen LogP contribution in [0.25, 0.3) is 32.9 Å². The summed E-state index contributed by atoms with van der Waals surface area (Å²) in [5.74, 6) is 1.42. The molecule has 0 N–H and O–H groups in total. The topological polar surface area (TPSA) is 40.5 Å². The van der Waals surface area contributed by atoms with E-state index in [-0.39, 0.29) is 12.2 Å². The van der Waals surface area contributed by atoms with Crippen molar-refractivity contribution in [2.24, 2.45) is 7.05 Å². The highest BCUT2D eigenvalue weighted by molar-refractivity contribution is 6.32. The molecule has 0 aliphatic carbocycles. The van der Waals surface area contributed by atoms with Crippen LogP contribution in [0.1, 0.15) is 0 Å². The largest absolute Gasteiger partial charge is 0.454 e. The second kappa shape index (κ2) is 5.51. The smallest absolute Gasteiger partial charge is 0.231 e. The molecule has 0 atom stereocenters. The molecule has 1 aliphatic heterocycles. The molecular formula is C21H14ClNO3. The van der Waals surface area contributed by atoms with E-state index in [9.17, 15) is 4.79 Å². The van der Waals surface area contributed by atoms with Gasteiger partial charge in [0.15, 0.2) is 16.9 Å². The number of halogens is 1. The third-order valence-corrected chi connectivity index (χ3v) is 5.07. The summed E-state index contributed by atoms with van der Waals surface area (Å²) in [6.07, 6.45) is 0. The minimum absolute atomic E-state index is 0.0156. The van der Waals surface area contributed by atoms with E-state index in [4.69, 9.17) is 21.1 Å². The molecular weight excluding hydrogens is 350 g/mol. The van der Waals surface area contributed by atoms with E-state index >= 15 is 0 Å². The van der Waals surface area contributed by atoms with Crippen LogP contribution in [0, 0.1) is 0 Å². The Balaban J connectivity index is 1.93. The van der Waals surface area contributed by atoms with Gasteiger partial charge in [-0.05, 0) is 42.0 Å². The van der Waals surface area contributed by atoms with Crippen LogP contribution in [0.5, 0.6) is 11.5 Å². The fourth-order valence-corrected chi connectivity index (χ4v) is 3.86. The van der Waals surface area contributed by atoms with Crippen molar-refractivity contribution in [3.05, 3.63) is 69.8 Å². The van der Waals surface area contributed by atoms with E-state index in [2.05, 4.69) is 0 Å². The van der Waals surface area contributed by atoms with Crippen molar-refractivity contribution < 1.29 is 9.47 Å². The lowest BCUT2D eigenvalue weighted by molar-refractivity contribution is 0.174. The monoisotopic (exact) mass is 363 g/mol. The summed E-state index contributed by atoms with van der Waals surface area (Å²) in [5, 5.41) is 1.81. The lowest BCUT2D eigenvalue weighted by atomic mass is 9.99. The SMILES string of the molecule is Cn1c2ccccc2c(=O)c2cc(Cl)cc(-c3ccc4c(c3)OCO4)c21. The highest BCUT2D eigenvalue weighted by Gasteiger charge is 2.18. The van der Waals surface area contributed by atoms with Crippen LogP contribution in [-0.4, -0.2) is 11.4 Å². The molecule has 0 bridgehead atoms. The molecule has 0 amide bonds. The maximum atomic E-state index is 13.0. The van der Waals surface area contributed by atoms with Crippen molar-refractivity contribution in [2.45, 2.75) is 0 Å². The number of aromatic nitrogens is 1. The highest BCUT2D eigenvalue weighted by Crippen LogP contribution is 2.39. The molecule has 4 nitrogen and oxygen atoms in total. The number of nitrogens with zero attached hydrogens (tertiary/aromatic N) is 1. The molecule has 1 aromatic heterocycles. The van der Waals surface area contributed by atoms with Gasteiger partial charge >= 0.3 is 0 Å². The van der Waals surface area contributed by atoms with Gasteiger partial charge in [-0.1, -0.05) is 29.8 Å². The van der Waals surface area contributed by atoms with Gasteiger partial charge in [0, 0.05) is 28.4 Å². The zero-order valence-corrected chi connectivity index (χ0v) is 14.7. The van der Waals surface area contributed by atoms with Crippen molar-refractivity contribution in [2.75, 3.05) is 6.79 Å². The summed E-state index contributed by atoms with van der Waals surface area (Å²) in [6.45, 7) is 0.220. The van der Waals surface area contributed by atoms with Gasteiger partial charge in [0.1, 0.15) is 0 Å². The van der Waals surface area contributed by atoms with Gasteiger partial charge in [0.2, 0.25) is 6.79 Å². The van der Waals surface area contributed by atoms with Crippen LogP contribution in [0.4, 0.5) is 0 Å². The average molecular weight is 364 g/mol.